The standard InChI is InChI=1S/C18H18N2O6/c1-18(17(25)20-26,14-7-3-6-13(9-14)16(23)24)19-10-11-4-2-5-12(8-11)15(21)22/h2-9,19,26H,10H2,1H3,(H,20,25)(H,21,22)(H,23,24). The number of carbonyl (C=O) groups excluding carboxylic acids is 1. The Morgan fingerprint density at radius 3 is 2.12 bits per heavy atom. The van der Waals surface area contributed by atoms with Crippen molar-refractivity contribution in [2.24, 2.45) is 0 Å². The first kappa shape index (κ1) is 19.1. The quantitative estimate of drug-likeness (QED) is 0.374. The van der Waals surface area contributed by atoms with Crippen molar-refractivity contribution >= 4 is 17.8 Å². The summed E-state index contributed by atoms with van der Waals surface area (Å²) in [7, 11) is 0. The highest BCUT2D eigenvalue weighted by atomic mass is 16.5. The molecular weight excluding hydrogens is 340 g/mol. The van der Waals surface area contributed by atoms with E-state index in [-0.39, 0.29) is 17.7 Å². The molecule has 0 radical (unpaired) electrons. The van der Waals surface area contributed by atoms with Gasteiger partial charge in [-0.15, -0.1) is 0 Å². The van der Waals surface area contributed by atoms with Crippen molar-refractivity contribution in [1.82, 2.24) is 10.8 Å². The van der Waals surface area contributed by atoms with Crippen molar-refractivity contribution < 1.29 is 29.8 Å². The van der Waals surface area contributed by atoms with Gasteiger partial charge in [0.1, 0.15) is 5.54 Å². The molecule has 0 fully saturated rings. The van der Waals surface area contributed by atoms with E-state index in [1.807, 2.05) is 0 Å². The highest BCUT2D eigenvalue weighted by Gasteiger charge is 2.35. The molecule has 0 aliphatic heterocycles. The smallest absolute Gasteiger partial charge is 0.335 e. The van der Waals surface area contributed by atoms with Gasteiger partial charge >= 0.3 is 11.9 Å². The molecule has 0 spiro atoms. The van der Waals surface area contributed by atoms with Crippen LogP contribution < -0.4 is 10.8 Å². The lowest BCUT2D eigenvalue weighted by Crippen LogP contribution is -2.51. The number of rotatable bonds is 7. The van der Waals surface area contributed by atoms with Gasteiger partial charge in [-0.05, 0) is 42.3 Å². The Morgan fingerprint density at radius 1 is 0.962 bits per heavy atom. The number of hydrogen-bond donors (Lipinski definition) is 5. The second kappa shape index (κ2) is 7.77. The van der Waals surface area contributed by atoms with Gasteiger partial charge in [0.2, 0.25) is 0 Å². The summed E-state index contributed by atoms with van der Waals surface area (Å²) in [6.45, 7) is 1.60. The van der Waals surface area contributed by atoms with Crippen LogP contribution in [0.1, 0.15) is 38.8 Å². The third-order valence-electron chi connectivity index (χ3n) is 4.06. The lowest BCUT2D eigenvalue weighted by atomic mass is 9.89. The van der Waals surface area contributed by atoms with E-state index < -0.39 is 23.4 Å². The van der Waals surface area contributed by atoms with E-state index in [2.05, 4.69) is 5.32 Å². The first-order chi connectivity index (χ1) is 12.3. The SMILES string of the molecule is CC(NCc1cccc(C(=O)O)c1)(C(=O)NO)c1cccc(C(=O)O)c1. The molecule has 0 saturated heterocycles. The Hall–Kier alpha value is -3.23. The van der Waals surface area contributed by atoms with E-state index in [4.69, 9.17) is 15.4 Å². The normalized spacial score (nSPS) is 12.8. The van der Waals surface area contributed by atoms with Crippen molar-refractivity contribution in [2.75, 3.05) is 0 Å². The van der Waals surface area contributed by atoms with E-state index >= 15 is 0 Å². The maximum Gasteiger partial charge on any atom is 0.335 e. The number of nitrogens with one attached hydrogen (secondary N) is 2. The Labute approximate surface area is 149 Å². The Morgan fingerprint density at radius 2 is 1.54 bits per heavy atom. The number of hydroxylamine groups is 1. The first-order valence-electron chi connectivity index (χ1n) is 7.63. The molecule has 0 bridgehead atoms. The van der Waals surface area contributed by atoms with Gasteiger partial charge in [-0.3, -0.25) is 15.3 Å². The number of benzene rings is 2. The van der Waals surface area contributed by atoms with Crippen molar-refractivity contribution in [1.29, 1.82) is 0 Å². The molecule has 2 aromatic carbocycles. The van der Waals surface area contributed by atoms with Gasteiger partial charge in [0.05, 0.1) is 11.1 Å². The monoisotopic (exact) mass is 358 g/mol. The summed E-state index contributed by atoms with van der Waals surface area (Å²) in [5.41, 5.74) is 1.17. The van der Waals surface area contributed by atoms with Gasteiger partial charge < -0.3 is 10.2 Å². The predicted octanol–water partition coefficient (Wildman–Crippen LogP) is 1.59. The van der Waals surface area contributed by atoms with Crippen LogP contribution in [0.4, 0.5) is 0 Å². The van der Waals surface area contributed by atoms with Gasteiger partial charge in [0, 0.05) is 6.54 Å². The highest BCUT2D eigenvalue weighted by molar-refractivity contribution is 5.90. The topological polar surface area (TPSA) is 136 Å². The molecule has 0 saturated carbocycles. The molecule has 1 unspecified atom stereocenters. The van der Waals surface area contributed by atoms with E-state index in [9.17, 15) is 14.4 Å². The highest BCUT2D eigenvalue weighted by Crippen LogP contribution is 2.23. The van der Waals surface area contributed by atoms with Gasteiger partial charge in [-0.25, -0.2) is 15.1 Å². The molecule has 0 aliphatic carbocycles. The number of carboxylic acid groups (broad SMARTS) is 2. The summed E-state index contributed by atoms with van der Waals surface area (Å²) < 4.78 is 0. The minimum Gasteiger partial charge on any atom is -0.478 e. The molecule has 0 aromatic heterocycles. The molecule has 26 heavy (non-hydrogen) atoms. The largest absolute Gasteiger partial charge is 0.478 e. The maximum absolute atomic E-state index is 12.2. The van der Waals surface area contributed by atoms with Crippen LogP contribution in [-0.4, -0.2) is 33.3 Å². The fourth-order valence-corrected chi connectivity index (χ4v) is 2.48. The molecule has 2 rings (SSSR count). The first-order valence-corrected chi connectivity index (χ1v) is 7.63. The Bertz CT molecular complexity index is 851. The second-order valence-electron chi connectivity index (χ2n) is 5.81. The molecule has 8 nitrogen and oxygen atoms in total. The molecular formula is C18H18N2O6. The molecule has 136 valence electrons. The fourth-order valence-electron chi connectivity index (χ4n) is 2.48. The second-order valence-corrected chi connectivity index (χ2v) is 5.81. The van der Waals surface area contributed by atoms with E-state index in [0.29, 0.717) is 11.1 Å². The molecule has 1 atom stereocenters. The number of amides is 1. The number of hydrogen-bond acceptors (Lipinski definition) is 5. The summed E-state index contributed by atoms with van der Waals surface area (Å²) in [4.78, 5) is 34.5. The van der Waals surface area contributed by atoms with Crippen molar-refractivity contribution in [3.8, 4) is 0 Å². The van der Waals surface area contributed by atoms with Crippen LogP contribution in [0.15, 0.2) is 48.5 Å². The van der Waals surface area contributed by atoms with Crippen molar-refractivity contribution in [3.63, 3.8) is 0 Å². The lowest BCUT2D eigenvalue weighted by molar-refractivity contribution is -0.136. The summed E-state index contributed by atoms with van der Waals surface area (Å²) in [6, 6.07) is 11.9. The molecule has 8 heteroatoms. The zero-order valence-corrected chi connectivity index (χ0v) is 13.9. The number of carbonyl (C=O) groups is 3. The van der Waals surface area contributed by atoms with Gasteiger partial charge in [0.25, 0.3) is 5.91 Å². The summed E-state index contributed by atoms with van der Waals surface area (Å²) in [5.74, 6) is -3.00. The van der Waals surface area contributed by atoms with Crippen LogP contribution in [0.25, 0.3) is 0 Å². The predicted molar refractivity (Wildman–Crippen MR) is 90.9 cm³/mol. The third kappa shape index (κ3) is 4.05. The minimum absolute atomic E-state index is 0.00543. The zero-order chi connectivity index (χ0) is 19.3. The summed E-state index contributed by atoms with van der Waals surface area (Å²) >= 11 is 0. The fraction of sp³-hybridized carbons (Fsp3) is 0.167. The van der Waals surface area contributed by atoms with Crippen LogP contribution in [0.3, 0.4) is 0 Å². The molecule has 2 aromatic rings. The van der Waals surface area contributed by atoms with Gasteiger partial charge in [-0.1, -0.05) is 24.3 Å². The van der Waals surface area contributed by atoms with E-state index in [1.165, 1.54) is 37.3 Å². The lowest BCUT2D eigenvalue weighted by Gasteiger charge is -2.29. The van der Waals surface area contributed by atoms with Gasteiger partial charge in [-0.2, -0.15) is 0 Å². The number of aromatic carboxylic acids is 2. The minimum atomic E-state index is -1.45. The number of carboxylic acids is 2. The van der Waals surface area contributed by atoms with Crippen LogP contribution in [0.2, 0.25) is 0 Å². The van der Waals surface area contributed by atoms with Gasteiger partial charge in [0.15, 0.2) is 0 Å². The molecule has 0 aliphatic rings. The molecule has 1 amide bonds. The summed E-state index contributed by atoms with van der Waals surface area (Å²) in [6.07, 6.45) is 0. The maximum atomic E-state index is 12.2. The van der Waals surface area contributed by atoms with Crippen LogP contribution in [-0.2, 0) is 16.9 Å². The molecule has 5 N–H and O–H groups in total. The van der Waals surface area contributed by atoms with E-state index in [1.54, 1.807) is 23.7 Å². The zero-order valence-electron chi connectivity index (χ0n) is 13.9. The molecule has 0 heterocycles. The Balaban J connectivity index is 2.34. The van der Waals surface area contributed by atoms with Crippen LogP contribution in [0, 0.1) is 0 Å². The van der Waals surface area contributed by atoms with Crippen LogP contribution >= 0.6 is 0 Å². The van der Waals surface area contributed by atoms with Crippen molar-refractivity contribution in [3.05, 3.63) is 70.8 Å². The average Bonchev–Trinajstić information content (AvgIpc) is 2.65. The average molecular weight is 358 g/mol. The third-order valence-corrected chi connectivity index (χ3v) is 4.06. The van der Waals surface area contributed by atoms with Crippen molar-refractivity contribution in [2.45, 2.75) is 19.0 Å². The van der Waals surface area contributed by atoms with Crippen LogP contribution in [0.5, 0.6) is 0 Å². The van der Waals surface area contributed by atoms with E-state index in [0.717, 1.165) is 0 Å². The Kier molecular flexibility index (Phi) is 5.71. The summed E-state index contributed by atoms with van der Waals surface area (Å²) in [5, 5.41) is 30.2.